The Labute approximate surface area is 136 Å². The maximum absolute atomic E-state index is 14.4. The molecule has 0 aromatic rings. The lowest BCUT2D eigenvalue weighted by atomic mass is 9.78. The molecule has 1 aliphatic carbocycles. The van der Waals surface area contributed by atoms with E-state index in [4.69, 9.17) is 0 Å². The Morgan fingerprint density at radius 3 is 1.50 bits per heavy atom. The predicted octanol–water partition coefficient (Wildman–Crippen LogP) is 6.25. The maximum atomic E-state index is 14.4. The van der Waals surface area contributed by atoms with Crippen molar-refractivity contribution in [2.24, 2.45) is 5.92 Å². The first kappa shape index (κ1) is 23.1. The zero-order valence-electron chi connectivity index (χ0n) is 12.5. The number of halogens is 14. The van der Waals surface area contributed by atoms with Gasteiger partial charge in [-0.2, -0.15) is 48.3 Å². The molecule has 0 amide bonds. The summed E-state index contributed by atoms with van der Waals surface area (Å²) in [5, 5.41) is 0. The molecule has 1 fully saturated rings. The van der Waals surface area contributed by atoms with Crippen LogP contribution in [0.4, 0.5) is 61.5 Å². The van der Waals surface area contributed by atoms with Crippen LogP contribution in [0.1, 0.15) is 26.2 Å². The Kier molecular flexibility index (Phi) is 5.11. The zero-order chi connectivity index (χ0) is 21.2. The second-order valence-electron chi connectivity index (χ2n) is 5.86. The van der Waals surface area contributed by atoms with E-state index in [2.05, 4.69) is 0 Å². The van der Waals surface area contributed by atoms with E-state index < -0.39 is 66.6 Å². The molecule has 1 saturated carbocycles. The highest BCUT2D eigenvalue weighted by Crippen LogP contribution is 2.66. The van der Waals surface area contributed by atoms with Crippen molar-refractivity contribution in [2.45, 2.75) is 67.6 Å². The van der Waals surface area contributed by atoms with Gasteiger partial charge in [-0.1, -0.05) is 6.92 Å². The van der Waals surface area contributed by atoms with Gasteiger partial charge in [0.05, 0.1) is 0 Å². The molecule has 1 aliphatic rings. The normalized spacial score (nSPS) is 28.5. The summed E-state index contributed by atoms with van der Waals surface area (Å²) >= 11 is 0. The second-order valence-corrected chi connectivity index (χ2v) is 5.86. The summed E-state index contributed by atoms with van der Waals surface area (Å²) in [4.78, 5) is 0. The standard InChI is InChI=1S/C12H10F14/c1-2-5-3-4-6(13,14)7(5,15)8(16,17)9(18,19)10(20,21)11(22,23)12(24,25)26/h5H,2-4H2,1H3. The number of hydrogen-bond acceptors (Lipinski definition) is 0. The summed E-state index contributed by atoms with van der Waals surface area (Å²) in [5.41, 5.74) is -5.76. The van der Waals surface area contributed by atoms with E-state index in [0.29, 0.717) is 0 Å². The van der Waals surface area contributed by atoms with Crippen LogP contribution in [0.2, 0.25) is 0 Å². The van der Waals surface area contributed by atoms with Crippen molar-refractivity contribution in [1.82, 2.24) is 0 Å². The van der Waals surface area contributed by atoms with Gasteiger partial charge in [0, 0.05) is 12.3 Å². The molecule has 0 aromatic carbocycles. The SMILES string of the molecule is CCC1CCC(F)(F)C1(F)C(F)(F)C(F)(F)C(F)(F)C(F)(F)C(F)(F)F. The molecule has 156 valence electrons. The average Bonchev–Trinajstić information content (AvgIpc) is 2.68. The van der Waals surface area contributed by atoms with Gasteiger partial charge < -0.3 is 0 Å². The third-order valence-electron chi connectivity index (χ3n) is 4.39. The summed E-state index contributed by atoms with van der Waals surface area (Å²) in [5.74, 6) is -38.8. The number of rotatable bonds is 5. The van der Waals surface area contributed by atoms with Crippen LogP contribution in [-0.2, 0) is 0 Å². The van der Waals surface area contributed by atoms with Crippen molar-refractivity contribution >= 4 is 0 Å². The minimum atomic E-state index is -7.92. The van der Waals surface area contributed by atoms with Crippen LogP contribution >= 0.6 is 0 Å². The van der Waals surface area contributed by atoms with E-state index in [0.717, 1.165) is 6.92 Å². The molecule has 0 nitrogen and oxygen atoms in total. The van der Waals surface area contributed by atoms with Crippen molar-refractivity contribution < 1.29 is 61.5 Å². The van der Waals surface area contributed by atoms with Gasteiger partial charge in [-0.05, 0) is 12.8 Å². The molecule has 26 heavy (non-hydrogen) atoms. The fourth-order valence-electron chi connectivity index (χ4n) is 2.81. The Bertz CT molecular complexity index is 533. The molecule has 0 aromatic heterocycles. The van der Waals surface area contributed by atoms with E-state index in [1.54, 1.807) is 0 Å². The van der Waals surface area contributed by atoms with E-state index in [1.807, 2.05) is 0 Å². The molecule has 1 rings (SSSR count). The van der Waals surface area contributed by atoms with Gasteiger partial charge in [0.25, 0.3) is 5.92 Å². The van der Waals surface area contributed by atoms with Crippen molar-refractivity contribution in [2.75, 3.05) is 0 Å². The molecule has 2 unspecified atom stereocenters. The van der Waals surface area contributed by atoms with Crippen LogP contribution < -0.4 is 0 Å². The van der Waals surface area contributed by atoms with E-state index in [1.165, 1.54) is 0 Å². The molecule has 14 heteroatoms. The lowest BCUT2D eigenvalue weighted by Gasteiger charge is -2.44. The lowest BCUT2D eigenvalue weighted by molar-refractivity contribution is -0.441. The molecule has 2 atom stereocenters. The quantitative estimate of drug-likeness (QED) is 0.461. The predicted molar refractivity (Wildman–Crippen MR) is 57.6 cm³/mol. The molecule has 0 bridgehead atoms. The van der Waals surface area contributed by atoms with Gasteiger partial charge in [-0.25, -0.2) is 13.2 Å². The molecule has 0 radical (unpaired) electrons. The van der Waals surface area contributed by atoms with Crippen molar-refractivity contribution in [1.29, 1.82) is 0 Å². The first-order chi connectivity index (χ1) is 11.2. The largest absolute Gasteiger partial charge is 0.460 e. The maximum Gasteiger partial charge on any atom is 0.460 e. The first-order valence-corrected chi connectivity index (χ1v) is 6.81. The van der Waals surface area contributed by atoms with Gasteiger partial charge >= 0.3 is 29.9 Å². The molecular weight excluding hydrogens is 410 g/mol. The van der Waals surface area contributed by atoms with Crippen molar-refractivity contribution in [3.05, 3.63) is 0 Å². The van der Waals surface area contributed by atoms with Crippen LogP contribution in [-0.4, -0.2) is 41.5 Å². The summed E-state index contributed by atoms with van der Waals surface area (Å²) in [6.45, 7) is 0.747. The Morgan fingerprint density at radius 2 is 1.15 bits per heavy atom. The zero-order valence-corrected chi connectivity index (χ0v) is 12.5. The third kappa shape index (κ3) is 2.49. The minimum Gasteiger partial charge on any atom is -0.230 e. The molecule has 0 saturated heterocycles. The van der Waals surface area contributed by atoms with Gasteiger partial charge in [-0.15, -0.1) is 0 Å². The highest BCUT2D eigenvalue weighted by molar-refractivity contribution is 5.20. The summed E-state index contributed by atoms with van der Waals surface area (Å²) in [6, 6.07) is 0. The average molecular weight is 420 g/mol. The van der Waals surface area contributed by atoms with Crippen LogP contribution in [0, 0.1) is 5.92 Å². The number of alkyl halides is 14. The Balaban J connectivity index is 3.64. The van der Waals surface area contributed by atoms with Gasteiger partial charge in [0.15, 0.2) is 0 Å². The minimum absolute atomic E-state index is 0.747. The third-order valence-corrected chi connectivity index (χ3v) is 4.39. The molecular formula is C12H10F14. The lowest BCUT2D eigenvalue weighted by Crippen LogP contribution is -2.73. The molecule has 0 spiro atoms. The number of hydrogen-bond donors (Lipinski definition) is 0. The van der Waals surface area contributed by atoms with Crippen LogP contribution in [0.25, 0.3) is 0 Å². The smallest absolute Gasteiger partial charge is 0.230 e. The van der Waals surface area contributed by atoms with Gasteiger partial charge in [0.2, 0.25) is 5.67 Å². The van der Waals surface area contributed by atoms with E-state index >= 15 is 0 Å². The summed E-state index contributed by atoms with van der Waals surface area (Å²) < 4.78 is 184. The topological polar surface area (TPSA) is 0 Å². The highest BCUT2D eigenvalue weighted by Gasteiger charge is 2.93. The molecule has 0 aliphatic heterocycles. The van der Waals surface area contributed by atoms with Gasteiger partial charge in [0.1, 0.15) is 0 Å². The first-order valence-electron chi connectivity index (χ1n) is 6.81. The Hall–Kier alpha value is -0.980. The Morgan fingerprint density at radius 1 is 0.731 bits per heavy atom. The van der Waals surface area contributed by atoms with Crippen LogP contribution in [0.5, 0.6) is 0 Å². The fraction of sp³-hybridized carbons (Fsp3) is 1.00. The second kappa shape index (κ2) is 5.76. The van der Waals surface area contributed by atoms with Crippen molar-refractivity contribution in [3.8, 4) is 0 Å². The van der Waals surface area contributed by atoms with Gasteiger partial charge in [-0.3, -0.25) is 0 Å². The fourth-order valence-corrected chi connectivity index (χ4v) is 2.81. The van der Waals surface area contributed by atoms with E-state index in [9.17, 15) is 61.5 Å². The molecule has 0 heterocycles. The highest BCUT2D eigenvalue weighted by atomic mass is 19.4. The molecule has 0 N–H and O–H groups in total. The summed E-state index contributed by atoms with van der Waals surface area (Å²) in [7, 11) is 0. The van der Waals surface area contributed by atoms with E-state index in [-0.39, 0.29) is 0 Å². The van der Waals surface area contributed by atoms with Crippen molar-refractivity contribution in [3.63, 3.8) is 0 Å². The van der Waals surface area contributed by atoms with Crippen LogP contribution in [0.15, 0.2) is 0 Å². The summed E-state index contributed by atoms with van der Waals surface area (Å²) in [6.07, 6.45) is -11.5. The van der Waals surface area contributed by atoms with Crippen LogP contribution in [0.3, 0.4) is 0 Å². The monoisotopic (exact) mass is 420 g/mol.